The van der Waals surface area contributed by atoms with Gasteiger partial charge in [-0.2, -0.15) is 4.98 Å². The third kappa shape index (κ3) is 4.09. The van der Waals surface area contributed by atoms with E-state index in [4.69, 9.17) is 4.98 Å². The van der Waals surface area contributed by atoms with E-state index in [0.717, 1.165) is 31.3 Å². The lowest BCUT2D eigenvalue weighted by Crippen LogP contribution is -2.39. The van der Waals surface area contributed by atoms with E-state index in [-0.39, 0.29) is 0 Å². The van der Waals surface area contributed by atoms with Crippen LogP contribution in [0, 0.1) is 5.92 Å². The van der Waals surface area contributed by atoms with Crippen molar-refractivity contribution < 1.29 is 0 Å². The van der Waals surface area contributed by atoms with E-state index >= 15 is 0 Å². The lowest BCUT2D eigenvalue weighted by Gasteiger charge is -2.36. The van der Waals surface area contributed by atoms with Crippen LogP contribution in [0.3, 0.4) is 0 Å². The lowest BCUT2D eigenvalue weighted by molar-refractivity contribution is 0.447. The highest BCUT2D eigenvalue weighted by atomic mass is 15.2. The largest absolute Gasteiger partial charge is 0.354 e. The molecular weight excluding hydrogens is 248 g/mol. The van der Waals surface area contributed by atoms with E-state index in [1.807, 2.05) is 12.3 Å². The predicted octanol–water partition coefficient (Wildman–Crippen LogP) is 3.70. The molecule has 2 rings (SSSR count). The van der Waals surface area contributed by atoms with Gasteiger partial charge in [-0.25, -0.2) is 4.98 Å². The highest BCUT2D eigenvalue weighted by Crippen LogP contribution is 2.25. The molecule has 0 aromatic carbocycles. The number of aromatic nitrogens is 2. The Balaban J connectivity index is 2.00. The molecule has 0 bridgehead atoms. The van der Waals surface area contributed by atoms with Crippen LogP contribution in [0.15, 0.2) is 12.3 Å². The molecule has 1 aromatic rings. The van der Waals surface area contributed by atoms with Crippen molar-refractivity contribution in [3.8, 4) is 0 Å². The summed E-state index contributed by atoms with van der Waals surface area (Å²) in [6.45, 7) is 8.81. The number of rotatable bonds is 6. The summed E-state index contributed by atoms with van der Waals surface area (Å²) >= 11 is 0. The van der Waals surface area contributed by atoms with E-state index in [1.54, 1.807) is 0 Å². The molecule has 4 heteroatoms. The van der Waals surface area contributed by atoms with Gasteiger partial charge in [0, 0.05) is 25.3 Å². The van der Waals surface area contributed by atoms with Crippen LogP contribution in [0.5, 0.6) is 0 Å². The average molecular weight is 276 g/mol. The quantitative estimate of drug-likeness (QED) is 0.860. The number of nitrogens with zero attached hydrogens (tertiary/aromatic N) is 3. The van der Waals surface area contributed by atoms with Crippen LogP contribution in [0.4, 0.5) is 11.8 Å². The Bertz CT molecular complexity index is 405. The van der Waals surface area contributed by atoms with E-state index in [2.05, 4.69) is 36.0 Å². The summed E-state index contributed by atoms with van der Waals surface area (Å²) in [6.07, 6.45) is 8.13. The summed E-state index contributed by atoms with van der Waals surface area (Å²) in [5, 5.41) is 3.34. The standard InChI is InChI=1S/C16H28N4/c1-4-14-7-5-6-12-20(14)15-9-11-18-16(19-15)17-10-8-13(2)3/h9,11,13-14H,4-8,10,12H2,1-3H3,(H,17,18,19). The molecule has 112 valence electrons. The zero-order valence-electron chi connectivity index (χ0n) is 13.1. The highest BCUT2D eigenvalue weighted by Gasteiger charge is 2.22. The molecule has 1 aromatic heterocycles. The van der Waals surface area contributed by atoms with Crippen molar-refractivity contribution in [2.45, 2.75) is 58.9 Å². The monoisotopic (exact) mass is 276 g/mol. The minimum atomic E-state index is 0.641. The fourth-order valence-electron chi connectivity index (χ4n) is 2.79. The number of hydrogen-bond donors (Lipinski definition) is 1. The Kier molecular flexibility index (Phi) is 5.62. The van der Waals surface area contributed by atoms with Crippen LogP contribution >= 0.6 is 0 Å². The van der Waals surface area contributed by atoms with Gasteiger partial charge in [0.05, 0.1) is 0 Å². The second-order valence-corrected chi connectivity index (χ2v) is 6.10. The molecule has 1 aliphatic rings. The Hall–Kier alpha value is -1.32. The van der Waals surface area contributed by atoms with Crippen molar-refractivity contribution >= 4 is 11.8 Å². The molecular formula is C16H28N4. The van der Waals surface area contributed by atoms with Gasteiger partial charge < -0.3 is 10.2 Å². The molecule has 1 atom stereocenters. The zero-order chi connectivity index (χ0) is 14.4. The molecule has 2 heterocycles. The van der Waals surface area contributed by atoms with Crippen molar-refractivity contribution in [3.63, 3.8) is 0 Å². The van der Waals surface area contributed by atoms with Crippen LogP contribution in [-0.4, -0.2) is 29.1 Å². The summed E-state index contributed by atoms with van der Waals surface area (Å²) in [7, 11) is 0. The summed E-state index contributed by atoms with van der Waals surface area (Å²) in [5.41, 5.74) is 0. The summed E-state index contributed by atoms with van der Waals surface area (Å²) in [4.78, 5) is 11.5. The molecule has 0 saturated carbocycles. The first-order valence-electron chi connectivity index (χ1n) is 8.04. The smallest absolute Gasteiger partial charge is 0.224 e. The average Bonchev–Trinajstić information content (AvgIpc) is 2.47. The van der Waals surface area contributed by atoms with Crippen LogP contribution in [0.1, 0.15) is 52.9 Å². The lowest BCUT2D eigenvalue weighted by atomic mass is 10.0. The maximum absolute atomic E-state index is 4.70. The van der Waals surface area contributed by atoms with Crippen molar-refractivity contribution in [1.82, 2.24) is 9.97 Å². The molecule has 20 heavy (non-hydrogen) atoms. The van der Waals surface area contributed by atoms with Gasteiger partial charge in [0.15, 0.2) is 0 Å². The Labute approximate surface area is 123 Å². The Morgan fingerprint density at radius 2 is 2.25 bits per heavy atom. The van der Waals surface area contributed by atoms with Crippen LogP contribution < -0.4 is 10.2 Å². The second-order valence-electron chi connectivity index (χ2n) is 6.10. The maximum Gasteiger partial charge on any atom is 0.224 e. The third-order valence-corrected chi connectivity index (χ3v) is 4.04. The molecule has 1 unspecified atom stereocenters. The van der Waals surface area contributed by atoms with Gasteiger partial charge >= 0.3 is 0 Å². The van der Waals surface area contributed by atoms with Crippen LogP contribution in [0.2, 0.25) is 0 Å². The van der Waals surface area contributed by atoms with Gasteiger partial charge in [0.2, 0.25) is 5.95 Å². The van der Waals surface area contributed by atoms with E-state index in [9.17, 15) is 0 Å². The number of anilines is 2. The van der Waals surface area contributed by atoms with E-state index in [1.165, 1.54) is 25.7 Å². The predicted molar refractivity (Wildman–Crippen MR) is 85.3 cm³/mol. The minimum Gasteiger partial charge on any atom is -0.354 e. The molecule has 1 N–H and O–H groups in total. The van der Waals surface area contributed by atoms with E-state index in [0.29, 0.717) is 12.0 Å². The maximum atomic E-state index is 4.70. The minimum absolute atomic E-state index is 0.641. The molecule has 4 nitrogen and oxygen atoms in total. The SMILES string of the molecule is CCC1CCCCN1c1ccnc(NCCC(C)C)n1. The molecule has 0 aliphatic carbocycles. The summed E-state index contributed by atoms with van der Waals surface area (Å²) in [5.74, 6) is 2.56. The van der Waals surface area contributed by atoms with Crippen LogP contribution in [-0.2, 0) is 0 Å². The fourth-order valence-corrected chi connectivity index (χ4v) is 2.79. The first kappa shape index (κ1) is 15.1. The summed E-state index contributed by atoms with van der Waals surface area (Å²) < 4.78 is 0. The second kappa shape index (κ2) is 7.46. The first-order valence-corrected chi connectivity index (χ1v) is 8.04. The molecule has 1 fully saturated rings. The fraction of sp³-hybridized carbons (Fsp3) is 0.750. The molecule has 1 aliphatic heterocycles. The third-order valence-electron chi connectivity index (χ3n) is 4.04. The van der Waals surface area contributed by atoms with Crippen molar-refractivity contribution in [2.75, 3.05) is 23.3 Å². The molecule has 0 radical (unpaired) electrons. The van der Waals surface area contributed by atoms with Crippen molar-refractivity contribution in [2.24, 2.45) is 5.92 Å². The van der Waals surface area contributed by atoms with Gasteiger partial charge in [-0.3, -0.25) is 0 Å². The number of piperidine rings is 1. The van der Waals surface area contributed by atoms with Gasteiger partial charge in [-0.15, -0.1) is 0 Å². The Morgan fingerprint density at radius 1 is 1.40 bits per heavy atom. The topological polar surface area (TPSA) is 41.1 Å². The van der Waals surface area contributed by atoms with Gasteiger partial charge in [0.25, 0.3) is 0 Å². The Morgan fingerprint density at radius 3 is 3.00 bits per heavy atom. The van der Waals surface area contributed by atoms with E-state index < -0.39 is 0 Å². The van der Waals surface area contributed by atoms with Crippen molar-refractivity contribution in [3.05, 3.63) is 12.3 Å². The van der Waals surface area contributed by atoms with Crippen molar-refractivity contribution in [1.29, 1.82) is 0 Å². The highest BCUT2D eigenvalue weighted by molar-refractivity contribution is 5.43. The van der Waals surface area contributed by atoms with Gasteiger partial charge in [0.1, 0.15) is 5.82 Å². The molecule has 0 amide bonds. The molecule has 0 spiro atoms. The normalized spacial score (nSPS) is 19.4. The zero-order valence-corrected chi connectivity index (χ0v) is 13.1. The number of hydrogen-bond acceptors (Lipinski definition) is 4. The number of nitrogens with one attached hydrogen (secondary N) is 1. The van der Waals surface area contributed by atoms with Crippen LogP contribution in [0.25, 0.3) is 0 Å². The van der Waals surface area contributed by atoms with Gasteiger partial charge in [-0.1, -0.05) is 20.8 Å². The first-order chi connectivity index (χ1) is 9.70. The van der Waals surface area contributed by atoms with Gasteiger partial charge in [-0.05, 0) is 44.1 Å². The summed E-state index contributed by atoms with van der Waals surface area (Å²) in [6, 6.07) is 2.68. The molecule has 1 saturated heterocycles.